The van der Waals surface area contributed by atoms with E-state index in [4.69, 9.17) is 9.84 Å². The summed E-state index contributed by atoms with van der Waals surface area (Å²) in [6.45, 7) is 5.93. The van der Waals surface area contributed by atoms with Crippen molar-refractivity contribution in [3.8, 4) is 0 Å². The van der Waals surface area contributed by atoms with E-state index in [2.05, 4.69) is 12.2 Å². The van der Waals surface area contributed by atoms with Gasteiger partial charge in [0.05, 0.1) is 24.9 Å². The molecule has 0 aliphatic heterocycles. The van der Waals surface area contributed by atoms with Crippen LogP contribution in [0.5, 0.6) is 0 Å². The van der Waals surface area contributed by atoms with E-state index in [0.29, 0.717) is 19.3 Å². The fourth-order valence-corrected chi connectivity index (χ4v) is 2.49. The highest BCUT2D eigenvalue weighted by atomic mass is 16.5. The molecule has 19 heavy (non-hydrogen) atoms. The van der Waals surface area contributed by atoms with Crippen molar-refractivity contribution in [2.45, 2.75) is 70.7 Å². The molecule has 1 aliphatic carbocycles. The lowest BCUT2D eigenvalue weighted by molar-refractivity contribution is -0.0277. The number of rotatable bonds is 9. The zero-order chi connectivity index (χ0) is 14.1. The zero-order valence-electron chi connectivity index (χ0n) is 12.5. The van der Waals surface area contributed by atoms with Crippen LogP contribution >= 0.6 is 0 Å². The van der Waals surface area contributed by atoms with Gasteiger partial charge in [-0.1, -0.05) is 6.92 Å². The molecule has 1 saturated carbocycles. The molecule has 0 saturated heterocycles. The van der Waals surface area contributed by atoms with E-state index in [9.17, 15) is 5.11 Å². The third-order valence-electron chi connectivity index (χ3n) is 3.84. The van der Waals surface area contributed by atoms with Crippen LogP contribution in [0.2, 0.25) is 0 Å². The van der Waals surface area contributed by atoms with E-state index in [0.717, 1.165) is 38.1 Å². The van der Waals surface area contributed by atoms with Crippen molar-refractivity contribution in [3.05, 3.63) is 0 Å². The van der Waals surface area contributed by atoms with E-state index in [-0.39, 0.29) is 6.10 Å². The van der Waals surface area contributed by atoms with E-state index >= 15 is 0 Å². The van der Waals surface area contributed by atoms with Gasteiger partial charge in [0.15, 0.2) is 0 Å². The summed E-state index contributed by atoms with van der Waals surface area (Å²) >= 11 is 0. The van der Waals surface area contributed by atoms with Crippen molar-refractivity contribution in [1.82, 2.24) is 5.32 Å². The van der Waals surface area contributed by atoms with Crippen molar-refractivity contribution >= 4 is 0 Å². The van der Waals surface area contributed by atoms with Gasteiger partial charge in [0.25, 0.3) is 0 Å². The van der Waals surface area contributed by atoms with Gasteiger partial charge in [-0.25, -0.2) is 0 Å². The molecule has 0 heterocycles. The summed E-state index contributed by atoms with van der Waals surface area (Å²) in [5.74, 6) is 0.834. The first-order valence-electron chi connectivity index (χ1n) is 7.76. The number of ether oxygens (including phenoxy) is 1. The smallest absolute Gasteiger partial charge is 0.0897 e. The largest absolute Gasteiger partial charge is 0.393 e. The molecule has 2 unspecified atom stereocenters. The van der Waals surface area contributed by atoms with Crippen LogP contribution in [-0.2, 0) is 4.74 Å². The average molecular weight is 273 g/mol. The molecule has 2 atom stereocenters. The van der Waals surface area contributed by atoms with Gasteiger partial charge < -0.3 is 20.3 Å². The maximum atomic E-state index is 9.80. The first-order chi connectivity index (χ1) is 9.08. The second-order valence-electron chi connectivity index (χ2n) is 6.06. The Morgan fingerprint density at radius 1 is 1.21 bits per heavy atom. The summed E-state index contributed by atoms with van der Waals surface area (Å²) in [5, 5.41) is 22.1. The number of aliphatic hydroxyl groups excluding tert-OH is 2. The van der Waals surface area contributed by atoms with Gasteiger partial charge in [0.1, 0.15) is 0 Å². The van der Waals surface area contributed by atoms with E-state index in [1.165, 1.54) is 12.8 Å². The Balaban J connectivity index is 1.94. The highest BCUT2D eigenvalue weighted by Crippen LogP contribution is 2.25. The highest BCUT2D eigenvalue weighted by molar-refractivity contribution is 4.71. The van der Waals surface area contributed by atoms with Crippen LogP contribution in [0, 0.1) is 5.92 Å². The quantitative estimate of drug-likeness (QED) is 0.560. The Kier molecular flexibility index (Phi) is 8.62. The molecule has 1 rings (SSSR count). The standard InChI is InChI=1S/C15H31NO3/c1-12-5-7-15(8-6-12)19-11-14(18)10-16-9-3-4-13(2)17/h12-18H,3-11H2,1-2H3. The molecule has 4 nitrogen and oxygen atoms in total. The summed E-state index contributed by atoms with van der Waals surface area (Å²) in [4.78, 5) is 0. The third-order valence-corrected chi connectivity index (χ3v) is 3.84. The molecule has 0 spiro atoms. The molecule has 4 heteroatoms. The number of hydrogen-bond donors (Lipinski definition) is 3. The average Bonchev–Trinajstić information content (AvgIpc) is 2.37. The van der Waals surface area contributed by atoms with Gasteiger partial charge in [-0.3, -0.25) is 0 Å². The van der Waals surface area contributed by atoms with Crippen LogP contribution < -0.4 is 5.32 Å². The summed E-state index contributed by atoms with van der Waals surface area (Å²) in [6.07, 6.45) is 6.20. The Labute approximate surface area is 117 Å². The minimum atomic E-state index is -0.425. The normalized spacial score (nSPS) is 27.2. The van der Waals surface area contributed by atoms with Gasteiger partial charge in [0.2, 0.25) is 0 Å². The van der Waals surface area contributed by atoms with Crippen LogP contribution in [-0.4, -0.2) is 48.2 Å². The summed E-state index contributed by atoms with van der Waals surface area (Å²) < 4.78 is 5.76. The maximum Gasteiger partial charge on any atom is 0.0897 e. The zero-order valence-corrected chi connectivity index (χ0v) is 12.5. The monoisotopic (exact) mass is 273 g/mol. The third kappa shape index (κ3) is 8.58. The molecule has 0 aromatic rings. The van der Waals surface area contributed by atoms with Gasteiger partial charge in [-0.15, -0.1) is 0 Å². The molecule has 0 aromatic carbocycles. The molecular formula is C15H31NO3. The molecule has 1 aliphatic rings. The van der Waals surface area contributed by atoms with Crippen molar-refractivity contribution in [2.24, 2.45) is 5.92 Å². The SMILES string of the molecule is CC(O)CCCNCC(O)COC1CCC(C)CC1. The minimum absolute atomic E-state index is 0.233. The molecule has 1 fully saturated rings. The Morgan fingerprint density at radius 3 is 2.53 bits per heavy atom. The van der Waals surface area contributed by atoms with Crippen LogP contribution in [0.3, 0.4) is 0 Å². The number of aliphatic hydroxyl groups is 2. The van der Waals surface area contributed by atoms with Crippen molar-refractivity contribution in [3.63, 3.8) is 0 Å². The van der Waals surface area contributed by atoms with Gasteiger partial charge in [-0.05, 0) is 57.9 Å². The Bertz CT molecular complexity index is 215. The van der Waals surface area contributed by atoms with E-state index in [1.54, 1.807) is 6.92 Å². The summed E-state index contributed by atoms with van der Waals surface area (Å²) in [6, 6.07) is 0. The van der Waals surface area contributed by atoms with Crippen LogP contribution in [0.4, 0.5) is 0 Å². The van der Waals surface area contributed by atoms with Crippen LogP contribution in [0.1, 0.15) is 52.4 Å². The minimum Gasteiger partial charge on any atom is -0.393 e. The van der Waals surface area contributed by atoms with Crippen molar-refractivity contribution in [1.29, 1.82) is 0 Å². The topological polar surface area (TPSA) is 61.7 Å². The fourth-order valence-electron chi connectivity index (χ4n) is 2.49. The Morgan fingerprint density at radius 2 is 1.89 bits per heavy atom. The highest BCUT2D eigenvalue weighted by Gasteiger charge is 2.19. The predicted octanol–water partition coefficient (Wildman–Crippen LogP) is 1.69. The van der Waals surface area contributed by atoms with E-state index < -0.39 is 6.10 Å². The molecular weight excluding hydrogens is 242 g/mol. The molecule has 3 N–H and O–H groups in total. The molecule has 0 radical (unpaired) electrons. The lowest BCUT2D eigenvalue weighted by atomic mass is 9.89. The predicted molar refractivity (Wildman–Crippen MR) is 77.2 cm³/mol. The van der Waals surface area contributed by atoms with Gasteiger partial charge in [-0.2, -0.15) is 0 Å². The van der Waals surface area contributed by atoms with Crippen molar-refractivity contribution in [2.75, 3.05) is 19.7 Å². The lowest BCUT2D eigenvalue weighted by Crippen LogP contribution is -2.33. The van der Waals surface area contributed by atoms with E-state index in [1.807, 2.05) is 0 Å². The van der Waals surface area contributed by atoms with Gasteiger partial charge >= 0.3 is 0 Å². The maximum absolute atomic E-state index is 9.80. The summed E-state index contributed by atoms with van der Waals surface area (Å²) in [7, 11) is 0. The van der Waals surface area contributed by atoms with Crippen molar-refractivity contribution < 1.29 is 14.9 Å². The Hall–Kier alpha value is -0.160. The van der Waals surface area contributed by atoms with Crippen LogP contribution in [0.15, 0.2) is 0 Å². The molecule has 0 bridgehead atoms. The second kappa shape index (κ2) is 9.70. The molecule has 0 aromatic heterocycles. The first kappa shape index (κ1) is 16.9. The van der Waals surface area contributed by atoms with Crippen LogP contribution in [0.25, 0.3) is 0 Å². The molecule has 0 amide bonds. The fraction of sp³-hybridized carbons (Fsp3) is 1.00. The van der Waals surface area contributed by atoms with Gasteiger partial charge in [0, 0.05) is 6.54 Å². The number of hydrogen-bond acceptors (Lipinski definition) is 4. The number of nitrogens with one attached hydrogen (secondary N) is 1. The lowest BCUT2D eigenvalue weighted by Gasteiger charge is -2.27. The summed E-state index contributed by atoms with van der Waals surface area (Å²) in [5.41, 5.74) is 0. The first-order valence-corrected chi connectivity index (χ1v) is 7.76. The molecule has 114 valence electrons. The second-order valence-corrected chi connectivity index (χ2v) is 6.06.